The van der Waals surface area contributed by atoms with Gasteiger partial charge in [-0.15, -0.1) is 0 Å². The van der Waals surface area contributed by atoms with Gasteiger partial charge in [-0.1, -0.05) is 6.07 Å². The third-order valence-corrected chi connectivity index (χ3v) is 5.80. The number of halogens is 3. The average molecular weight is 443 g/mol. The molecule has 166 valence electrons. The Kier molecular flexibility index (Phi) is 4.65. The van der Waals surface area contributed by atoms with Crippen molar-refractivity contribution in [3.05, 3.63) is 65.0 Å². The zero-order chi connectivity index (χ0) is 22.6. The third kappa shape index (κ3) is 3.47. The van der Waals surface area contributed by atoms with Crippen molar-refractivity contribution in [2.75, 3.05) is 18.7 Å². The molecule has 3 aromatic rings. The van der Waals surface area contributed by atoms with Gasteiger partial charge in [0.2, 0.25) is 6.79 Å². The molecule has 1 aliphatic heterocycles. The van der Waals surface area contributed by atoms with E-state index < -0.39 is 11.9 Å². The highest BCUT2D eigenvalue weighted by Crippen LogP contribution is 2.47. The van der Waals surface area contributed by atoms with Crippen LogP contribution in [0.1, 0.15) is 46.1 Å². The minimum Gasteiger partial charge on any atom is -0.454 e. The van der Waals surface area contributed by atoms with E-state index in [9.17, 15) is 18.0 Å². The third-order valence-electron chi connectivity index (χ3n) is 5.80. The van der Waals surface area contributed by atoms with Gasteiger partial charge in [0.15, 0.2) is 17.2 Å². The van der Waals surface area contributed by atoms with Crippen molar-refractivity contribution in [3.8, 4) is 17.2 Å². The van der Waals surface area contributed by atoms with Crippen LogP contribution in [0.5, 0.6) is 11.5 Å². The molecule has 1 aromatic heterocycles. The molecule has 6 nitrogen and oxygen atoms in total. The summed E-state index contributed by atoms with van der Waals surface area (Å²) in [5.74, 6) is 0.740. The van der Waals surface area contributed by atoms with Gasteiger partial charge in [0, 0.05) is 35.6 Å². The van der Waals surface area contributed by atoms with Crippen LogP contribution in [0.4, 0.5) is 18.9 Å². The number of hydrogen-bond donors (Lipinski definition) is 0. The maximum absolute atomic E-state index is 13.6. The highest BCUT2D eigenvalue weighted by molar-refractivity contribution is 6.06. The molecule has 1 amide bonds. The van der Waals surface area contributed by atoms with Gasteiger partial charge in [0.25, 0.3) is 5.91 Å². The van der Waals surface area contributed by atoms with E-state index >= 15 is 0 Å². The van der Waals surface area contributed by atoms with Gasteiger partial charge in [0.05, 0.1) is 5.69 Å². The standard InChI is InChI=1S/C23H20F3N3O3/c1-13-20(14-6-7-14)21(23(24,25)26)27-29(13)17-5-3-4-15(10-17)22(30)28(2)16-8-9-18-19(11-16)32-12-31-18/h3-5,8-11,14H,6-7,12H2,1-2H3. The normalized spacial score (nSPS) is 15.2. The zero-order valence-electron chi connectivity index (χ0n) is 17.4. The second kappa shape index (κ2) is 7.29. The number of carbonyl (C=O) groups is 1. The molecule has 2 heterocycles. The molecule has 1 saturated carbocycles. The molecular weight excluding hydrogens is 423 g/mol. The summed E-state index contributed by atoms with van der Waals surface area (Å²) in [7, 11) is 1.62. The lowest BCUT2D eigenvalue weighted by Gasteiger charge is -2.18. The van der Waals surface area contributed by atoms with Crippen LogP contribution in [0.25, 0.3) is 5.69 Å². The molecule has 0 unspecified atom stereocenters. The minimum absolute atomic E-state index is 0.109. The van der Waals surface area contributed by atoms with Crippen molar-refractivity contribution >= 4 is 11.6 Å². The summed E-state index contributed by atoms with van der Waals surface area (Å²) in [5.41, 5.74) is 1.21. The van der Waals surface area contributed by atoms with E-state index in [0.717, 1.165) is 12.8 Å². The van der Waals surface area contributed by atoms with Crippen LogP contribution >= 0.6 is 0 Å². The molecule has 0 spiro atoms. The summed E-state index contributed by atoms with van der Waals surface area (Å²) >= 11 is 0. The smallest absolute Gasteiger partial charge is 0.435 e. The van der Waals surface area contributed by atoms with Crippen LogP contribution in [-0.2, 0) is 6.18 Å². The zero-order valence-corrected chi connectivity index (χ0v) is 17.4. The SMILES string of the molecule is Cc1c(C2CC2)c(C(F)(F)F)nn1-c1cccc(C(=O)N(C)c2ccc3c(c2)OCO3)c1. The summed E-state index contributed by atoms with van der Waals surface area (Å²) in [6.07, 6.45) is -3.07. The largest absolute Gasteiger partial charge is 0.454 e. The van der Waals surface area contributed by atoms with Gasteiger partial charge in [-0.05, 0) is 56.0 Å². The molecule has 2 aliphatic rings. The maximum Gasteiger partial charge on any atom is 0.435 e. The number of hydrogen-bond acceptors (Lipinski definition) is 4. The number of ether oxygens (including phenoxy) is 2. The first kappa shape index (κ1) is 20.4. The second-order valence-corrected chi connectivity index (χ2v) is 7.98. The van der Waals surface area contributed by atoms with E-state index in [4.69, 9.17) is 9.47 Å². The van der Waals surface area contributed by atoms with E-state index in [2.05, 4.69) is 5.10 Å². The van der Waals surface area contributed by atoms with Crippen LogP contribution in [0, 0.1) is 6.92 Å². The van der Waals surface area contributed by atoms with Gasteiger partial charge >= 0.3 is 6.18 Å². The van der Waals surface area contributed by atoms with Crippen molar-refractivity contribution in [1.82, 2.24) is 9.78 Å². The first-order chi connectivity index (χ1) is 15.2. The van der Waals surface area contributed by atoms with Crippen LogP contribution in [0.3, 0.4) is 0 Å². The highest BCUT2D eigenvalue weighted by atomic mass is 19.4. The van der Waals surface area contributed by atoms with Crippen molar-refractivity contribution in [2.45, 2.75) is 31.9 Å². The van der Waals surface area contributed by atoms with Gasteiger partial charge < -0.3 is 14.4 Å². The molecule has 9 heteroatoms. The number of rotatable bonds is 4. The predicted molar refractivity (Wildman–Crippen MR) is 111 cm³/mol. The highest BCUT2D eigenvalue weighted by Gasteiger charge is 2.43. The van der Waals surface area contributed by atoms with Crippen molar-refractivity contribution in [3.63, 3.8) is 0 Å². The van der Waals surface area contributed by atoms with Crippen molar-refractivity contribution in [2.24, 2.45) is 0 Å². The predicted octanol–water partition coefficient (Wildman–Crippen LogP) is 5.08. The van der Waals surface area contributed by atoms with Gasteiger partial charge in [0.1, 0.15) is 0 Å². The lowest BCUT2D eigenvalue weighted by Crippen LogP contribution is -2.26. The fourth-order valence-electron chi connectivity index (χ4n) is 4.01. The minimum atomic E-state index is -4.53. The number of carbonyl (C=O) groups excluding carboxylic acids is 1. The molecule has 0 atom stereocenters. The van der Waals surface area contributed by atoms with Gasteiger partial charge in [-0.2, -0.15) is 18.3 Å². The van der Waals surface area contributed by atoms with Crippen molar-refractivity contribution in [1.29, 1.82) is 0 Å². The Morgan fingerprint density at radius 2 is 1.88 bits per heavy atom. The monoisotopic (exact) mass is 443 g/mol. The first-order valence-corrected chi connectivity index (χ1v) is 10.2. The van der Waals surface area contributed by atoms with E-state index in [1.807, 2.05) is 0 Å². The van der Waals surface area contributed by atoms with E-state index in [-0.39, 0.29) is 24.2 Å². The van der Waals surface area contributed by atoms with Crippen molar-refractivity contribution < 1.29 is 27.4 Å². The first-order valence-electron chi connectivity index (χ1n) is 10.2. The summed E-state index contributed by atoms with van der Waals surface area (Å²) in [6, 6.07) is 11.6. The fourth-order valence-corrected chi connectivity index (χ4v) is 4.01. The van der Waals surface area contributed by atoms with Crippen LogP contribution in [0.2, 0.25) is 0 Å². The quantitative estimate of drug-likeness (QED) is 0.564. The lowest BCUT2D eigenvalue weighted by atomic mass is 10.1. The second-order valence-electron chi connectivity index (χ2n) is 7.98. The summed E-state index contributed by atoms with van der Waals surface area (Å²) in [6.45, 7) is 1.77. The molecule has 1 aliphatic carbocycles. The Bertz CT molecular complexity index is 1210. The number of fused-ring (bicyclic) bond motifs is 1. The number of aromatic nitrogens is 2. The van der Waals surface area contributed by atoms with E-state index in [1.54, 1.807) is 56.4 Å². The summed E-state index contributed by atoms with van der Waals surface area (Å²) in [4.78, 5) is 14.6. The number of alkyl halides is 3. The molecule has 32 heavy (non-hydrogen) atoms. The Morgan fingerprint density at radius 1 is 1.12 bits per heavy atom. The van der Waals surface area contributed by atoms with Gasteiger partial charge in [-0.25, -0.2) is 4.68 Å². The molecule has 0 bridgehead atoms. The topological polar surface area (TPSA) is 56.6 Å². The molecule has 0 radical (unpaired) electrons. The molecule has 0 N–H and O–H groups in total. The van der Waals surface area contributed by atoms with Crippen LogP contribution in [-0.4, -0.2) is 29.5 Å². The van der Waals surface area contributed by atoms with E-state index in [0.29, 0.717) is 34.1 Å². The van der Waals surface area contributed by atoms with Gasteiger partial charge in [-0.3, -0.25) is 4.79 Å². The van der Waals surface area contributed by atoms with E-state index in [1.165, 1.54) is 9.58 Å². The summed E-state index contributed by atoms with van der Waals surface area (Å²) < 4.78 is 52.7. The Morgan fingerprint density at radius 3 is 2.59 bits per heavy atom. The Hall–Kier alpha value is -3.49. The Balaban J connectivity index is 1.48. The van der Waals surface area contributed by atoms with Crippen LogP contribution < -0.4 is 14.4 Å². The molecular formula is C23H20F3N3O3. The fraction of sp³-hybridized carbons (Fsp3) is 0.304. The molecule has 2 aromatic carbocycles. The summed E-state index contributed by atoms with van der Waals surface area (Å²) in [5, 5.41) is 3.89. The van der Waals surface area contributed by atoms with Crippen LogP contribution in [0.15, 0.2) is 42.5 Å². The average Bonchev–Trinajstić information content (AvgIpc) is 3.38. The molecule has 0 saturated heterocycles. The molecule has 5 rings (SSSR count). The lowest BCUT2D eigenvalue weighted by molar-refractivity contribution is -0.142. The number of nitrogens with zero attached hydrogens (tertiary/aromatic N) is 3. The maximum atomic E-state index is 13.6. The Labute approximate surface area is 182 Å². The number of benzene rings is 2. The number of anilines is 1. The number of amides is 1. The molecule has 1 fully saturated rings.